The molecule has 38 heavy (non-hydrogen) atoms. The van der Waals surface area contributed by atoms with Gasteiger partial charge < -0.3 is 0 Å². The van der Waals surface area contributed by atoms with Gasteiger partial charge in [-0.2, -0.15) is 8.42 Å². The number of rotatable bonds is 12. The summed E-state index contributed by atoms with van der Waals surface area (Å²) in [5.41, 5.74) is 3.20. The summed E-state index contributed by atoms with van der Waals surface area (Å²) >= 11 is 0. The molecule has 0 aliphatic heterocycles. The van der Waals surface area contributed by atoms with Crippen LogP contribution < -0.4 is 0 Å². The zero-order valence-corrected chi connectivity index (χ0v) is 26.4. The van der Waals surface area contributed by atoms with E-state index in [1.807, 2.05) is 66.7 Å². The van der Waals surface area contributed by atoms with Crippen molar-refractivity contribution in [2.45, 2.75) is 103 Å². The summed E-state index contributed by atoms with van der Waals surface area (Å²) < 4.78 is 47.6. The lowest BCUT2D eigenvalue weighted by Crippen LogP contribution is -2.26. The lowest BCUT2D eigenvalue weighted by molar-refractivity contribution is 0.446. The van der Waals surface area contributed by atoms with E-state index in [4.69, 9.17) is 0 Å². The van der Waals surface area contributed by atoms with Gasteiger partial charge in [-0.1, -0.05) is 96.5 Å². The second kappa shape index (κ2) is 12.8. The molecule has 2 aromatic rings. The second-order valence-electron chi connectivity index (χ2n) is 11.8. The molecular weight excluding hydrogens is 510 g/mol. The van der Waals surface area contributed by atoms with Gasteiger partial charge in [-0.05, 0) is 78.7 Å². The average Bonchev–Trinajstić information content (AvgIpc) is 2.82. The minimum absolute atomic E-state index is 0.0403. The Balaban J connectivity index is 2.88. The average molecular weight is 558 g/mol. The first-order chi connectivity index (χ1) is 17.5. The predicted octanol–water partition coefficient (Wildman–Crippen LogP) is 9.21. The molecule has 0 aromatic heterocycles. The van der Waals surface area contributed by atoms with Crippen LogP contribution in [0.5, 0.6) is 0 Å². The standard InChI is InChI=1S/C32H47NO3S2/c1-11-32(10,19-15-16-23(2)3)22-37(34,28-17-13-12-14-18-28)33-38(35,36)31-29(25(6)7)20-27(24(4)5)21-30(31)26(8)9/h11-14,16-18,20-21,24-26H,1,15,19,22H2,2-10H3/t32-,37+/m1/s1. The zero-order valence-electron chi connectivity index (χ0n) is 24.7. The number of hydrogen-bond donors (Lipinski definition) is 0. The van der Waals surface area contributed by atoms with Crippen molar-refractivity contribution >= 4 is 19.8 Å². The maximum absolute atomic E-state index is 14.8. The van der Waals surface area contributed by atoms with E-state index < -0.39 is 25.2 Å². The van der Waals surface area contributed by atoms with Crippen molar-refractivity contribution in [2.24, 2.45) is 9.18 Å². The topological polar surface area (TPSA) is 63.6 Å². The molecule has 6 heteroatoms. The third-order valence-electron chi connectivity index (χ3n) is 6.95. The third-order valence-corrected chi connectivity index (χ3v) is 11.7. The minimum Gasteiger partial charge on any atom is -0.244 e. The van der Waals surface area contributed by atoms with Gasteiger partial charge >= 0.3 is 0 Å². The van der Waals surface area contributed by atoms with Crippen LogP contribution in [0.15, 0.2) is 80.3 Å². The number of allylic oxidation sites excluding steroid dienone is 3. The second-order valence-corrected chi connectivity index (χ2v) is 15.8. The fraction of sp³-hybridized carbons (Fsp3) is 0.500. The van der Waals surface area contributed by atoms with E-state index in [1.165, 1.54) is 5.57 Å². The molecule has 2 atom stereocenters. The molecule has 210 valence electrons. The summed E-state index contributed by atoms with van der Waals surface area (Å²) in [5.74, 6) is 0.242. The van der Waals surface area contributed by atoms with Gasteiger partial charge in [-0.25, -0.2) is 4.21 Å². The van der Waals surface area contributed by atoms with Crippen molar-refractivity contribution in [1.82, 2.24) is 0 Å². The molecule has 0 fully saturated rings. The van der Waals surface area contributed by atoms with Crippen LogP contribution in [0.25, 0.3) is 0 Å². The fourth-order valence-corrected chi connectivity index (χ4v) is 9.75. The van der Waals surface area contributed by atoms with Crippen molar-refractivity contribution < 1.29 is 12.6 Å². The summed E-state index contributed by atoms with van der Waals surface area (Å²) in [5, 5.41) is 0. The Kier molecular flexibility index (Phi) is 10.8. The number of hydrogen-bond acceptors (Lipinski definition) is 3. The van der Waals surface area contributed by atoms with Crippen LogP contribution in [0.3, 0.4) is 0 Å². The maximum atomic E-state index is 14.8. The third kappa shape index (κ3) is 7.92. The first-order valence-electron chi connectivity index (χ1n) is 13.6. The van der Waals surface area contributed by atoms with Gasteiger partial charge in [0.25, 0.3) is 10.0 Å². The lowest BCUT2D eigenvalue weighted by atomic mass is 9.87. The molecule has 0 radical (unpaired) electrons. The van der Waals surface area contributed by atoms with E-state index in [9.17, 15) is 12.6 Å². The van der Waals surface area contributed by atoms with Crippen LogP contribution in [0.4, 0.5) is 0 Å². The van der Waals surface area contributed by atoms with Gasteiger partial charge in [0.2, 0.25) is 0 Å². The first-order valence-corrected chi connectivity index (χ1v) is 16.7. The lowest BCUT2D eigenvalue weighted by Gasteiger charge is -2.27. The normalized spacial score (nSPS) is 15.3. The Morgan fingerprint density at radius 2 is 1.45 bits per heavy atom. The van der Waals surface area contributed by atoms with E-state index in [-0.39, 0.29) is 28.4 Å². The monoisotopic (exact) mass is 557 g/mol. The first kappa shape index (κ1) is 32.0. The molecule has 0 unspecified atom stereocenters. The van der Waals surface area contributed by atoms with E-state index >= 15 is 0 Å². The van der Waals surface area contributed by atoms with Crippen LogP contribution >= 0.6 is 0 Å². The van der Waals surface area contributed by atoms with Gasteiger partial charge in [0.05, 0.1) is 14.6 Å². The highest BCUT2D eigenvalue weighted by atomic mass is 32.3. The summed E-state index contributed by atoms with van der Waals surface area (Å²) in [4.78, 5) is 0.635. The van der Waals surface area contributed by atoms with E-state index in [0.29, 0.717) is 11.3 Å². The number of nitrogens with zero attached hydrogens (tertiary/aromatic N) is 1. The van der Waals surface area contributed by atoms with Crippen molar-refractivity contribution in [3.63, 3.8) is 0 Å². The summed E-state index contributed by atoms with van der Waals surface area (Å²) in [7, 11) is -7.63. The molecule has 0 aliphatic rings. The van der Waals surface area contributed by atoms with Crippen molar-refractivity contribution in [3.05, 3.63) is 83.5 Å². The Morgan fingerprint density at radius 3 is 1.87 bits per heavy atom. The van der Waals surface area contributed by atoms with Crippen LogP contribution in [0.1, 0.15) is 110 Å². The largest absolute Gasteiger partial charge is 0.290 e. The fourth-order valence-electron chi connectivity index (χ4n) is 4.54. The highest BCUT2D eigenvalue weighted by molar-refractivity contribution is 8.03. The van der Waals surface area contributed by atoms with E-state index in [2.05, 4.69) is 30.3 Å². The summed E-state index contributed by atoms with van der Waals surface area (Å²) in [6, 6.07) is 12.8. The summed E-state index contributed by atoms with van der Waals surface area (Å²) in [6.07, 6.45) is 5.42. The van der Waals surface area contributed by atoms with Crippen LogP contribution in [-0.2, 0) is 19.8 Å². The molecule has 0 heterocycles. The molecule has 4 nitrogen and oxygen atoms in total. The Hall–Kier alpha value is -2.18. The van der Waals surface area contributed by atoms with Crippen LogP contribution in [0.2, 0.25) is 0 Å². The van der Waals surface area contributed by atoms with Gasteiger partial charge in [0.15, 0.2) is 0 Å². The Morgan fingerprint density at radius 1 is 0.921 bits per heavy atom. The molecule has 2 rings (SSSR count). The van der Waals surface area contributed by atoms with Crippen LogP contribution in [-0.4, -0.2) is 18.4 Å². The van der Waals surface area contributed by atoms with Crippen molar-refractivity contribution in [2.75, 3.05) is 5.75 Å². The molecule has 2 aromatic carbocycles. The highest BCUT2D eigenvalue weighted by Gasteiger charge is 2.33. The van der Waals surface area contributed by atoms with Gasteiger partial charge in [0, 0.05) is 10.6 Å². The molecular formula is C32H47NO3S2. The Labute approximate surface area is 232 Å². The molecule has 0 spiro atoms. The molecule has 0 N–H and O–H groups in total. The summed E-state index contributed by atoms with van der Waals surface area (Å²) in [6.45, 7) is 22.3. The van der Waals surface area contributed by atoms with Crippen LogP contribution in [0, 0.1) is 5.41 Å². The molecule has 0 saturated heterocycles. The molecule has 0 aliphatic carbocycles. The SMILES string of the molecule is C=C[C@](C)(CCC=C(C)C)C[S@@](=O)(=NS(=O)(=O)c1c(C(C)C)cc(C(C)C)cc1C(C)C)c1ccccc1. The molecule has 0 saturated carbocycles. The van der Waals surface area contributed by atoms with E-state index in [0.717, 1.165) is 23.1 Å². The number of benzene rings is 2. The quantitative estimate of drug-likeness (QED) is 0.244. The van der Waals surface area contributed by atoms with Crippen molar-refractivity contribution in [1.29, 1.82) is 0 Å². The van der Waals surface area contributed by atoms with Gasteiger partial charge in [-0.15, -0.1) is 10.3 Å². The predicted molar refractivity (Wildman–Crippen MR) is 163 cm³/mol. The Bertz CT molecular complexity index is 1340. The smallest absolute Gasteiger partial charge is 0.244 e. The van der Waals surface area contributed by atoms with Gasteiger partial charge in [0.1, 0.15) is 0 Å². The highest BCUT2D eigenvalue weighted by Crippen LogP contribution is 2.38. The van der Waals surface area contributed by atoms with Gasteiger partial charge in [-0.3, -0.25) is 0 Å². The minimum atomic E-state index is -4.27. The molecule has 0 amide bonds. The number of sulfonamides is 1. The molecule has 0 bridgehead atoms. The van der Waals surface area contributed by atoms with Crippen molar-refractivity contribution in [3.8, 4) is 0 Å². The maximum Gasteiger partial charge on any atom is 0.290 e. The van der Waals surface area contributed by atoms with E-state index in [1.54, 1.807) is 30.3 Å². The zero-order chi connectivity index (χ0) is 28.9.